The minimum atomic E-state index is -0.194. The third-order valence-corrected chi connectivity index (χ3v) is 5.02. The van der Waals surface area contributed by atoms with Gasteiger partial charge in [-0.05, 0) is 45.7 Å². The summed E-state index contributed by atoms with van der Waals surface area (Å²) in [5.74, 6) is 0.0919. The second kappa shape index (κ2) is 8.43. The van der Waals surface area contributed by atoms with Crippen LogP contribution >= 0.6 is 0 Å². The van der Waals surface area contributed by atoms with Crippen LogP contribution in [0.15, 0.2) is 24.5 Å². The van der Waals surface area contributed by atoms with Crippen molar-refractivity contribution in [1.29, 1.82) is 0 Å². The summed E-state index contributed by atoms with van der Waals surface area (Å²) in [6, 6.07) is 3.30. The summed E-state index contributed by atoms with van der Waals surface area (Å²) in [5, 5.41) is 3.12. The Kier molecular flexibility index (Phi) is 6.53. The van der Waals surface area contributed by atoms with Crippen LogP contribution < -0.4 is 5.32 Å². The Morgan fingerprint density at radius 3 is 2.52 bits per heavy atom. The van der Waals surface area contributed by atoms with E-state index in [1.54, 1.807) is 24.5 Å². The fourth-order valence-electron chi connectivity index (χ4n) is 2.90. The highest BCUT2D eigenvalue weighted by atomic mass is 16.2. The van der Waals surface area contributed by atoms with Crippen molar-refractivity contribution in [3.8, 4) is 0 Å². The van der Waals surface area contributed by atoms with E-state index in [9.17, 15) is 9.59 Å². The molecule has 1 aliphatic heterocycles. The molecule has 1 N–H and O–H groups in total. The van der Waals surface area contributed by atoms with E-state index in [1.165, 1.54) is 0 Å². The van der Waals surface area contributed by atoms with Gasteiger partial charge >= 0.3 is 0 Å². The zero-order valence-corrected chi connectivity index (χ0v) is 15.8. The van der Waals surface area contributed by atoms with Gasteiger partial charge in [-0.15, -0.1) is 0 Å². The number of carbonyl (C=O) groups is 2. The number of amides is 2. The summed E-state index contributed by atoms with van der Waals surface area (Å²) < 4.78 is 0. The van der Waals surface area contributed by atoms with Gasteiger partial charge in [-0.25, -0.2) is 0 Å². The largest absolute Gasteiger partial charge is 0.350 e. The van der Waals surface area contributed by atoms with E-state index in [-0.39, 0.29) is 23.4 Å². The van der Waals surface area contributed by atoms with Crippen molar-refractivity contribution in [2.45, 2.75) is 52.1 Å². The topological polar surface area (TPSA) is 65.5 Å². The molecule has 1 atom stereocenters. The molecule has 2 rings (SSSR count). The van der Waals surface area contributed by atoms with Crippen molar-refractivity contribution >= 4 is 11.8 Å². The van der Waals surface area contributed by atoms with Crippen molar-refractivity contribution < 1.29 is 9.59 Å². The number of hydrogen-bond acceptors (Lipinski definition) is 4. The molecule has 25 heavy (non-hydrogen) atoms. The number of hydrogen-bond donors (Lipinski definition) is 1. The lowest BCUT2D eigenvalue weighted by molar-refractivity contribution is -0.127. The molecule has 0 spiro atoms. The fourth-order valence-corrected chi connectivity index (χ4v) is 2.90. The summed E-state index contributed by atoms with van der Waals surface area (Å²) >= 11 is 0. The smallest absolute Gasteiger partial charge is 0.254 e. The maximum absolute atomic E-state index is 12.6. The summed E-state index contributed by atoms with van der Waals surface area (Å²) in [6.45, 7) is 11.0. The van der Waals surface area contributed by atoms with Gasteiger partial charge in [0.25, 0.3) is 5.91 Å². The Bertz CT molecular complexity index is 588. The Morgan fingerprint density at radius 2 is 1.88 bits per heavy atom. The number of nitrogens with one attached hydrogen (secondary N) is 1. The highest BCUT2D eigenvalue weighted by Gasteiger charge is 2.28. The van der Waals surface area contributed by atoms with E-state index in [2.05, 4.69) is 22.1 Å². The van der Waals surface area contributed by atoms with Crippen LogP contribution in [-0.2, 0) is 4.79 Å². The van der Waals surface area contributed by atoms with Crippen molar-refractivity contribution in [2.75, 3.05) is 26.2 Å². The molecule has 0 aromatic carbocycles. The maximum atomic E-state index is 12.6. The molecule has 0 saturated carbocycles. The minimum Gasteiger partial charge on any atom is -0.350 e. The molecule has 0 bridgehead atoms. The first-order chi connectivity index (χ1) is 11.8. The van der Waals surface area contributed by atoms with Gasteiger partial charge in [0, 0.05) is 49.7 Å². The maximum Gasteiger partial charge on any atom is 0.254 e. The summed E-state index contributed by atoms with van der Waals surface area (Å²) in [5.41, 5.74) is 0.472. The van der Waals surface area contributed by atoms with Crippen LogP contribution in [0.2, 0.25) is 0 Å². The van der Waals surface area contributed by atoms with Crippen LogP contribution in [0.5, 0.6) is 0 Å². The SMILES string of the molecule is CCC(C)(C)NC(=O)C(C)N1CCCN(C(=O)c2ccncc2)CC1. The molecule has 1 unspecified atom stereocenters. The molecule has 1 aliphatic rings. The third-order valence-electron chi connectivity index (χ3n) is 5.02. The molecular formula is C19H30N4O2. The second-order valence-electron chi connectivity index (χ2n) is 7.32. The van der Waals surface area contributed by atoms with Gasteiger partial charge in [0.2, 0.25) is 5.91 Å². The van der Waals surface area contributed by atoms with Crippen LogP contribution in [0.25, 0.3) is 0 Å². The lowest BCUT2D eigenvalue weighted by Gasteiger charge is -2.31. The highest BCUT2D eigenvalue weighted by Crippen LogP contribution is 2.13. The Hall–Kier alpha value is -1.95. The summed E-state index contributed by atoms with van der Waals surface area (Å²) in [7, 11) is 0. The van der Waals surface area contributed by atoms with Gasteiger partial charge in [0.15, 0.2) is 0 Å². The average Bonchev–Trinajstić information content (AvgIpc) is 2.87. The normalized spacial score (nSPS) is 17.7. The van der Waals surface area contributed by atoms with Crippen molar-refractivity contribution in [2.24, 2.45) is 0 Å². The number of carbonyl (C=O) groups excluding carboxylic acids is 2. The molecular weight excluding hydrogens is 316 g/mol. The van der Waals surface area contributed by atoms with Gasteiger partial charge in [0.1, 0.15) is 0 Å². The van der Waals surface area contributed by atoms with Gasteiger partial charge < -0.3 is 10.2 Å². The van der Waals surface area contributed by atoms with Gasteiger partial charge in [0.05, 0.1) is 6.04 Å². The standard InChI is InChI=1S/C19H30N4O2/c1-5-19(3,4)21-17(24)15(2)22-11-6-12-23(14-13-22)18(25)16-7-9-20-10-8-16/h7-10,15H,5-6,11-14H2,1-4H3,(H,21,24). The number of nitrogens with zero attached hydrogens (tertiary/aromatic N) is 3. The van der Waals surface area contributed by atoms with Crippen molar-refractivity contribution in [3.63, 3.8) is 0 Å². The average molecular weight is 346 g/mol. The lowest BCUT2D eigenvalue weighted by atomic mass is 10.0. The molecule has 6 heteroatoms. The van der Waals surface area contributed by atoms with E-state index in [4.69, 9.17) is 0 Å². The molecule has 2 heterocycles. The first-order valence-corrected chi connectivity index (χ1v) is 9.09. The summed E-state index contributed by atoms with van der Waals surface area (Å²) in [6.07, 6.45) is 5.03. The Morgan fingerprint density at radius 1 is 1.20 bits per heavy atom. The van der Waals surface area contributed by atoms with E-state index < -0.39 is 0 Å². The van der Waals surface area contributed by atoms with Gasteiger partial charge in [-0.1, -0.05) is 6.92 Å². The highest BCUT2D eigenvalue weighted by molar-refractivity contribution is 5.94. The third kappa shape index (κ3) is 5.26. The lowest BCUT2D eigenvalue weighted by Crippen LogP contribution is -2.52. The Balaban J connectivity index is 1.94. The number of rotatable bonds is 5. The second-order valence-corrected chi connectivity index (χ2v) is 7.32. The van der Waals surface area contributed by atoms with Crippen LogP contribution in [0, 0.1) is 0 Å². The molecule has 6 nitrogen and oxygen atoms in total. The molecule has 0 aliphatic carbocycles. The van der Waals surface area contributed by atoms with E-state index in [0.717, 1.165) is 19.4 Å². The monoisotopic (exact) mass is 346 g/mol. The molecule has 2 amide bonds. The first kappa shape index (κ1) is 19.4. The van der Waals surface area contributed by atoms with Crippen LogP contribution in [0.4, 0.5) is 0 Å². The van der Waals surface area contributed by atoms with Gasteiger partial charge in [-0.2, -0.15) is 0 Å². The van der Waals surface area contributed by atoms with Crippen molar-refractivity contribution in [1.82, 2.24) is 20.1 Å². The van der Waals surface area contributed by atoms with Crippen molar-refractivity contribution in [3.05, 3.63) is 30.1 Å². The minimum absolute atomic E-state index is 0.0356. The Labute approximate surface area is 150 Å². The zero-order chi connectivity index (χ0) is 18.4. The van der Waals surface area contributed by atoms with E-state index in [0.29, 0.717) is 25.2 Å². The fraction of sp³-hybridized carbons (Fsp3) is 0.632. The quantitative estimate of drug-likeness (QED) is 0.885. The number of aromatic nitrogens is 1. The van der Waals surface area contributed by atoms with E-state index >= 15 is 0 Å². The molecule has 138 valence electrons. The molecule has 1 fully saturated rings. The molecule has 1 aromatic heterocycles. The zero-order valence-electron chi connectivity index (χ0n) is 15.8. The van der Waals surface area contributed by atoms with Crippen LogP contribution in [0.1, 0.15) is 50.9 Å². The van der Waals surface area contributed by atoms with Gasteiger partial charge in [-0.3, -0.25) is 19.5 Å². The molecule has 0 radical (unpaired) electrons. The van der Waals surface area contributed by atoms with E-state index in [1.807, 2.05) is 25.7 Å². The van der Waals surface area contributed by atoms with Crippen LogP contribution in [-0.4, -0.2) is 64.4 Å². The predicted molar refractivity (Wildman–Crippen MR) is 98.3 cm³/mol. The molecule has 1 saturated heterocycles. The number of pyridine rings is 1. The summed E-state index contributed by atoms with van der Waals surface area (Å²) in [4.78, 5) is 33.1. The first-order valence-electron chi connectivity index (χ1n) is 9.09. The molecule has 1 aromatic rings. The predicted octanol–water partition coefficient (Wildman–Crippen LogP) is 1.92. The van der Waals surface area contributed by atoms with Crippen LogP contribution in [0.3, 0.4) is 0 Å².